The summed E-state index contributed by atoms with van der Waals surface area (Å²) in [6.07, 6.45) is 0. The highest BCUT2D eigenvalue weighted by atomic mass is 19.1. The van der Waals surface area contributed by atoms with Gasteiger partial charge < -0.3 is 20.4 Å². The van der Waals surface area contributed by atoms with Crippen molar-refractivity contribution >= 4 is 17.8 Å². The molecule has 146 valence electrons. The third kappa shape index (κ3) is 5.50. The molecular formula is C18H15F2N3O5. The summed E-state index contributed by atoms with van der Waals surface area (Å²) in [5.41, 5.74) is 5.26. The SMILES string of the molecule is COC(=O)c1cc(C#N)ccc1F.COC(=O)c1cc(C(N)=NO)ccc1F. The van der Waals surface area contributed by atoms with E-state index in [4.69, 9.17) is 16.2 Å². The van der Waals surface area contributed by atoms with Crippen LogP contribution in [0.2, 0.25) is 0 Å². The first-order chi connectivity index (χ1) is 13.3. The predicted octanol–water partition coefficient (Wildman–Crippen LogP) is 2.19. The summed E-state index contributed by atoms with van der Waals surface area (Å²) in [7, 11) is 2.29. The van der Waals surface area contributed by atoms with Crippen LogP contribution in [-0.2, 0) is 9.47 Å². The quantitative estimate of drug-likeness (QED) is 0.269. The van der Waals surface area contributed by atoms with Crippen molar-refractivity contribution in [1.29, 1.82) is 5.26 Å². The summed E-state index contributed by atoms with van der Waals surface area (Å²) >= 11 is 0. The van der Waals surface area contributed by atoms with E-state index in [0.717, 1.165) is 38.5 Å². The summed E-state index contributed by atoms with van der Waals surface area (Å²) in [5.74, 6) is -3.22. The van der Waals surface area contributed by atoms with Crippen LogP contribution < -0.4 is 5.73 Å². The van der Waals surface area contributed by atoms with Gasteiger partial charge in [0.1, 0.15) is 11.6 Å². The number of nitrogens with two attached hydrogens (primary N) is 1. The number of rotatable bonds is 3. The molecule has 0 spiro atoms. The minimum absolute atomic E-state index is 0.208. The fourth-order valence-corrected chi connectivity index (χ4v) is 1.87. The Bertz CT molecular complexity index is 955. The van der Waals surface area contributed by atoms with Gasteiger partial charge >= 0.3 is 11.9 Å². The maximum Gasteiger partial charge on any atom is 0.340 e. The second kappa shape index (κ2) is 10.2. The van der Waals surface area contributed by atoms with Crippen molar-refractivity contribution in [3.63, 3.8) is 0 Å². The van der Waals surface area contributed by atoms with Gasteiger partial charge in [-0.15, -0.1) is 0 Å². The lowest BCUT2D eigenvalue weighted by Gasteiger charge is -2.03. The van der Waals surface area contributed by atoms with Crippen LogP contribution in [0, 0.1) is 23.0 Å². The molecule has 0 bridgehead atoms. The van der Waals surface area contributed by atoms with E-state index in [1.54, 1.807) is 6.07 Å². The Balaban J connectivity index is 0.000000283. The van der Waals surface area contributed by atoms with Gasteiger partial charge in [0, 0.05) is 5.56 Å². The molecule has 2 aromatic carbocycles. The van der Waals surface area contributed by atoms with Crippen molar-refractivity contribution in [3.8, 4) is 6.07 Å². The minimum atomic E-state index is -0.819. The van der Waals surface area contributed by atoms with Crippen LogP contribution in [0.25, 0.3) is 0 Å². The Hall–Kier alpha value is -4.00. The second-order valence-corrected chi connectivity index (χ2v) is 4.97. The third-order valence-corrected chi connectivity index (χ3v) is 3.28. The van der Waals surface area contributed by atoms with E-state index < -0.39 is 23.6 Å². The molecule has 2 rings (SSSR count). The van der Waals surface area contributed by atoms with Gasteiger partial charge in [-0.1, -0.05) is 5.16 Å². The number of methoxy groups -OCH3 is 2. The second-order valence-electron chi connectivity index (χ2n) is 4.97. The smallest absolute Gasteiger partial charge is 0.340 e. The number of oxime groups is 1. The zero-order valence-electron chi connectivity index (χ0n) is 14.8. The van der Waals surface area contributed by atoms with E-state index in [1.165, 1.54) is 12.1 Å². The molecule has 0 heterocycles. The summed E-state index contributed by atoms with van der Waals surface area (Å²) in [6.45, 7) is 0. The number of ether oxygens (including phenoxy) is 2. The monoisotopic (exact) mass is 391 g/mol. The Morgan fingerprint density at radius 1 is 1.04 bits per heavy atom. The van der Waals surface area contributed by atoms with Crippen molar-refractivity contribution in [1.82, 2.24) is 0 Å². The van der Waals surface area contributed by atoms with E-state index in [2.05, 4.69) is 14.6 Å². The van der Waals surface area contributed by atoms with Gasteiger partial charge in [0.05, 0.1) is 37.0 Å². The summed E-state index contributed by atoms with van der Waals surface area (Å²) in [4.78, 5) is 22.0. The average molecular weight is 391 g/mol. The standard InChI is InChI=1S/C9H9FN2O3.C9H6FNO2/c1-15-9(13)6-4-5(8(11)12-14)2-3-7(6)10;1-13-9(12)7-4-6(5-11)2-3-8(7)10/h2-4,14H,1H3,(H2,11,12);2-4H,1H3. The van der Waals surface area contributed by atoms with Gasteiger partial charge in [-0.3, -0.25) is 0 Å². The number of hydrogen-bond donors (Lipinski definition) is 2. The van der Waals surface area contributed by atoms with Crippen molar-refractivity contribution in [3.05, 3.63) is 70.3 Å². The maximum atomic E-state index is 13.1. The molecule has 0 fully saturated rings. The van der Waals surface area contributed by atoms with Crippen LogP contribution in [0.5, 0.6) is 0 Å². The average Bonchev–Trinajstić information content (AvgIpc) is 2.73. The molecule has 0 saturated carbocycles. The molecule has 0 unspecified atom stereocenters. The van der Waals surface area contributed by atoms with Crippen LogP contribution in [-0.4, -0.2) is 37.2 Å². The maximum absolute atomic E-state index is 13.1. The van der Waals surface area contributed by atoms with Crippen molar-refractivity contribution in [2.24, 2.45) is 10.9 Å². The summed E-state index contributed by atoms with van der Waals surface area (Å²) in [6, 6.07) is 8.79. The fourth-order valence-electron chi connectivity index (χ4n) is 1.87. The van der Waals surface area contributed by atoms with E-state index in [9.17, 15) is 18.4 Å². The number of halogens is 2. The van der Waals surface area contributed by atoms with Crippen LogP contribution in [0.4, 0.5) is 8.78 Å². The van der Waals surface area contributed by atoms with Gasteiger partial charge in [-0.25, -0.2) is 18.4 Å². The molecule has 0 aromatic heterocycles. The van der Waals surface area contributed by atoms with Crippen LogP contribution in [0.3, 0.4) is 0 Å². The van der Waals surface area contributed by atoms with E-state index in [0.29, 0.717) is 0 Å². The van der Waals surface area contributed by atoms with E-state index in [-0.39, 0.29) is 28.1 Å². The van der Waals surface area contributed by atoms with E-state index >= 15 is 0 Å². The van der Waals surface area contributed by atoms with Crippen molar-refractivity contribution in [2.75, 3.05) is 14.2 Å². The number of nitrogens with zero attached hydrogens (tertiary/aromatic N) is 2. The molecule has 0 aliphatic heterocycles. The van der Waals surface area contributed by atoms with Crippen LogP contribution >= 0.6 is 0 Å². The molecule has 0 saturated heterocycles. The Morgan fingerprint density at radius 2 is 1.54 bits per heavy atom. The molecule has 0 radical (unpaired) electrons. The number of benzene rings is 2. The molecule has 0 aliphatic carbocycles. The normalized spacial score (nSPS) is 10.2. The van der Waals surface area contributed by atoms with Gasteiger partial charge in [0.2, 0.25) is 0 Å². The zero-order chi connectivity index (χ0) is 21.3. The Morgan fingerprint density at radius 3 is 2.00 bits per heavy atom. The molecule has 10 heteroatoms. The lowest BCUT2D eigenvalue weighted by Crippen LogP contribution is -2.15. The summed E-state index contributed by atoms with van der Waals surface area (Å²) < 4.78 is 34.8. The molecular weight excluding hydrogens is 376 g/mol. The number of amidine groups is 1. The van der Waals surface area contributed by atoms with Crippen LogP contribution in [0.15, 0.2) is 41.6 Å². The molecule has 2 aromatic rings. The first kappa shape index (κ1) is 22.0. The number of carbonyl (C=O) groups excluding carboxylic acids is 2. The lowest BCUT2D eigenvalue weighted by atomic mass is 10.1. The largest absolute Gasteiger partial charge is 0.465 e. The van der Waals surface area contributed by atoms with Gasteiger partial charge in [0.15, 0.2) is 5.84 Å². The zero-order valence-corrected chi connectivity index (χ0v) is 14.8. The highest BCUT2D eigenvalue weighted by Gasteiger charge is 2.14. The highest BCUT2D eigenvalue weighted by molar-refractivity contribution is 5.99. The number of nitriles is 1. The van der Waals surface area contributed by atoms with Gasteiger partial charge in [0.25, 0.3) is 0 Å². The molecule has 3 N–H and O–H groups in total. The summed E-state index contributed by atoms with van der Waals surface area (Å²) in [5, 5.41) is 19.6. The molecule has 8 nitrogen and oxygen atoms in total. The lowest BCUT2D eigenvalue weighted by molar-refractivity contribution is 0.0586. The van der Waals surface area contributed by atoms with Gasteiger partial charge in [-0.05, 0) is 36.4 Å². The molecule has 0 amide bonds. The first-order valence-electron chi connectivity index (χ1n) is 7.42. The topological polar surface area (TPSA) is 135 Å². The molecule has 28 heavy (non-hydrogen) atoms. The van der Waals surface area contributed by atoms with Crippen LogP contribution in [0.1, 0.15) is 31.8 Å². The number of carbonyl (C=O) groups is 2. The minimum Gasteiger partial charge on any atom is -0.465 e. The molecule has 0 atom stereocenters. The number of hydrogen-bond acceptors (Lipinski definition) is 7. The molecule has 0 aliphatic rings. The van der Waals surface area contributed by atoms with Gasteiger partial charge in [-0.2, -0.15) is 5.26 Å². The van der Waals surface area contributed by atoms with E-state index in [1.807, 2.05) is 0 Å². The fraction of sp³-hybridized carbons (Fsp3) is 0.111. The van der Waals surface area contributed by atoms with Crippen molar-refractivity contribution in [2.45, 2.75) is 0 Å². The highest BCUT2D eigenvalue weighted by Crippen LogP contribution is 2.12. The number of esters is 2. The first-order valence-corrected chi connectivity index (χ1v) is 7.42. The third-order valence-electron chi connectivity index (χ3n) is 3.28. The Kier molecular flexibility index (Phi) is 8.05. The Labute approximate surface area is 158 Å². The van der Waals surface area contributed by atoms with Crippen molar-refractivity contribution < 1.29 is 33.1 Å². The predicted molar refractivity (Wildman–Crippen MR) is 92.7 cm³/mol.